The van der Waals surface area contributed by atoms with E-state index in [0.29, 0.717) is 5.82 Å². The van der Waals surface area contributed by atoms with Crippen LogP contribution in [0.4, 0.5) is 5.82 Å². The van der Waals surface area contributed by atoms with Gasteiger partial charge in [-0.3, -0.25) is 0 Å². The molecule has 2 N–H and O–H groups in total. The molecule has 0 amide bonds. The number of anilines is 1. The summed E-state index contributed by atoms with van der Waals surface area (Å²) in [5.74, 6) is 0.681. The van der Waals surface area contributed by atoms with E-state index in [1.807, 2.05) is 23.7 Å². The number of nitrogens with zero attached hydrogens (tertiary/aromatic N) is 3. The summed E-state index contributed by atoms with van der Waals surface area (Å²) in [7, 11) is 0. The van der Waals surface area contributed by atoms with Crippen LogP contribution in [0.5, 0.6) is 0 Å². The SMILES string of the molecule is CCC(CO)Nc1nc(Br)cn2ccnc12. The fraction of sp³-hybridized carbons (Fsp3) is 0.400. The van der Waals surface area contributed by atoms with E-state index in [2.05, 4.69) is 31.2 Å². The van der Waals surface area contributed by atoms with E-state index >= 15 is 0 Å². The van der Waals surface area contributed by atoms with Gasteiger partial charge in [-0.25, -0.2) is 9.97 Å². The van der Waals surface area contributed by atoms with Crippen molar-refractivity contribution in [1.82, 2.24) is 14.4 Å². The van der Waals surface area contributed by atoms with Crippen molar-refractivity contribution in [1.29, 1.82) is 0 Å². The molecular weight excluding hydrogens is 272 g/mol. The zero-order chi connectivity index (χ0) is 11.5. The molecule has 2 aromatic rings. The standard InChI is InChI=1S/C10H13BrN4O/c1-2-7(6-16)13-9-10-12-3-4-15(10)5-8(11)14-9/h3-5,7,16H,2,6H2,1H3,(H,13,14). The van der Waals surface area contributed by atoms with Crippen LogP contribution in [0.1, 0.15) is 13.3 Å². The van der Waals surface area contributed by atoms with Crippen LogP contribution in [0, 0.1) is 0 Å². The van der Waals surface area contributed by atoms with E-state index in [4.69, 9.17) is 5.11 Å². The molecule has 0 aliphatic rings. The van der Waals surface area contributed by atoms with Crippen LogP contribution in [0.2, 0.25) is 0 Å². The van der Waals surface area contributed by atoms with Crippen molar-refractivity contribution in [2.45, 2.75) is 19.4 Å². The predicted octanol–water partition coefficient (Wildman–Crippen LogP) is 1.67. The largest absolute Gasteiger partial charge is 0.394 e. The van der Waals surface area contributed by atoms with E-state index in [1.54, 1.807) is 6.20 Å². The summed E-state index contributed by atoms with van der Waals surface area (Å²) in [4.78, 5) is 8.54. The first-order chi connectivity index (χ1) is 7.74. The minimum Gasteiger partial charge on any atom is -0.394 e. The number of rotatable bonds is 4. The second-order valence-corrected chi connectivity index (χ2v) is 4.31. The summed E-state index contributed by atoms with van der Waals surface area (Å²) in [5.41, 5.74) is 0.759. The Morgan fingerprint density at radius 2 is 2.44 bits per heavy atom. The Balaban J connectivity index is 2.38. The average molecular weight is 285 g/mol. The zero-order valence-corrected chi connectivity index (χ0v) is 10.5. The van der Waals surface area contributed by atoms with Crippen LogP contribution in [0.15, 0.2) is 23.2 Å². The Morgan fingerprint density at radius 1 is 1.62 bits per heavy atom. The van der Waals surface area contributed by atoms with Gasteiger partial charge in [-0.15, -0.1) is 0 Å². The van der Waals surface area contributed by atoms with Crippen molar-refractivity contribution in [2.75, 3.05) is 11.9 Å². The molecule has 0 spiro atoms. The van der Waals surface area contributed by atoms with E-state index < -0.39 is 0 Å². The summed E-state index contributed by atoms with van der Waals surface area (Å²) >= 11 is 3.34. The molecule has 1 unspecified atom stereocenters. The number of halogens is 1. The van der Waals surface area contributed by atoms with Gasteiger partial charge < -0.3 is 14.8 Å². The van der Waals surface area contributed by atoms with Crippen molar-refractivity contribution in [3.05, 3.63) is 23.2 Å². The molecule has 0 radical (unpaired) electrons. The molecule has 0 fully saturated rings. The number of fused-ring (bicyclic) bond motifs is 1. The first-order valence-electron chi connectivity index (χ1n) is 5.11. The highest BCUT2D eigenvalue weighted by molar-refractivity contribution is 9.10. The fourth-order valence-corrected chi connectivity index (χ4v) is 1.87. The second kappa shape index (κ2) is 4.80. The maximum atomic E-state index is 9.15. The zero-order valence-electron chi connectivity index (χ0n) is 8.89. The summed E-state index contributed by atoms with van der Waals surface area (Å²) in [6.07, 6.45) is 6.24. The minimum absolute atomic E-state index is 0.00213. The number of aliphatic hydroxyl groups excluding tert-OH is 1. The van der Waals surface area contributed by atoms with E-state index in [9.17, 15) is 0 Å². The van der Waals surface area contributed by atoms with Gasteiger partial charge in [0.1, 0.15) is 4.60 Å². The third kappa shape index (κ3) is 2.17. The summed E-state index contributed by atoms with van der Waals surface area (Å²) < 4.78 is 2.61. The van der Waals surface area contributed by atoms with E-state index in [1.165, 1.54) is 0 Å². The van der Waals surface area contributed by atoms with Crippen LogP contribution in [0.3, 0.4) is 0 Å². The Kier molecular flexibility index (Phi) is 3.40. The summed E-state index contributed by atoms with van der Waals surface area (Å²) in [6, 6.07) is 0.00213. The molecule has 0 bridgehead atoms. The van der Waals surface area contributed by atoms with Gasteiger partial charge in [-0.2, -0.15) is 0 Å². The molecule has 2 aromatic heterocycles. The highest BCUT2D eigenvalue weighted by Gasteiger charge is 2.10. The van der Waals surface area contributed by atoms with Gasteiger partial charge in [0.25, 0.3) is 0 Å². The molecule has 0 aliphatic heterocycles. The molecule has 1 atom stereocenters. The minimum atomic E-state index is 0.00213. The first kappa shape index (κ1) is 11.3. The Morgan fingerprint density at radius 3 is 3.12 bits per heavy atom. The smallest absolute Gasteiger partial charge is 0.180 e. The monoisotopic (exact) mass is 284 g/mol. The quantitative estimate of drug-likeness (QED) is 0.897. The summed E-state index contributed by atoms with van der Waals surface area (Å²) in [5, 5.41) is 12.3. The molecular formula is C10H13BrN4O. The lowest BCUT2D eigenvalue weighted by molar-refractivity contribution is 0.271. The topological polar surface area (TPSA) is 62.5 Å². The van der Waals surface area contributed by atoms with Gasteiger partial charge >= 0.3 is 0 Å². The molecule has 5 nitrogen and oxygen atoms in total. The van der Waals surface area contributed by atoms with Gasteiger partial charge in [-0.1, -0.05) is 6.92 Å². The van der Waals surface area contributed by atoms with Gasteiger partial charge in [0.05, 0.1) is 12.6 Å². The van der Waals surface area contributed by atoms with Crippen LogP contribution in [0.25, 0.3) is 5.65 Å². The van der Waals surface area contributed by atoms with Crippen LogP contribution >= 0.6 is 15.9 Å². The van der Waals surface area contributed by atoms with Crippen molar-refractivity contribution < 1.29 is 5.11 Å². The fourth-order valence-electron chi connectivity index (χ4n) is 1.47. The molecule has 2 heterocycles. The lowest BCUT2D eigenvalue weighted by Gasteiger charge is -2.15. The molecule has 86 valence electrons. The Hall–Kier alpha value is -1.14. The number of aliphatic hydroxyl groups is 1. The third-order valence-electron chi connectivity index (χ3n) is 2.40. The predicted molar refractivity (Wildman–Crippen MR) is 65.5 cm³/mol. The van der Waals surface area contributed by atoms with Gasteiger partial charge in [0.15, 0.2) is 11.5 Å². The molecule has 6 heteroatoms. The van der Waals surface area contributed by atoms with Gasteiger partial charge in [0, 0.05) is 18.6 Å². The molecule has 2 rings (SSSR count). The average Bonchev–Trinajstić information content (AvgIpc) is 2.73. The number of aromatic nitrogens is 3. The maximum Gasteiger partial charge on any atom is 0.180 e. The van der Waals surface area contributed by atoms with Crippen molar-refractivity contribution in [2.24, 2.45) is 0 Å². The second-order valence-electron chi connectivity index (χ2n) is 3.50. The molecule has 0 saturated heterocycles. The van der Waals surface area contributed by atoms with E-state index in [-0.39, 0.29) is 12.6 Å². The lowest BCUT2D eigenvalue weighted by atomic mass is 10.2. The number of imidazole rings is 1. The molecule has 0 saturated carbocycles. The van der Waals surface area contributed by atoms with Crippen molar-refractivity contribution in [3.8, 4) is 0 Å². The highest BCUT2D eigenvalue weighted by Crippen LogP contribution is 2.17. The maximum absolute atomic E-state index is 9.15. The summed E-state index contributed by atoms with van der Waals surface area (Å²) in [6.45, 7) is 2.09. The van der Waals surface area contributed by atoms with Gasteiger partial charge in [-0.05, 0) is 22.4 Å². The number of hydrogen-bond acceptors (Lipinski definition) is 4. The lowest BCUT2D eigenvalue weighted by Crippen LogP contribution is -2.23. The van der Waals surface area contributed by atoms with Crippen LogP contribution < -0.4 is 5.32 Å². The van der Waals surface area contributed by atoms with Crippen molar-refractivity contribution >= 4 is 27.4 Å². The highest BCUT2D eigenvalue weighted by atomic mass is 79.9. The van der Waals surface area contributed by atoms with Crippen molar-refractivity contribution in [3.63, 3.8) is 0 Å². The molecule has 0 aliphatic carbocycles. The van der Waals surface area contributed by atoms with E-state index in [0.717, 1.165) is 16.7 Å². The molecule has 0 aromatic carbocycles. The number of hydrogen-bond donors (Lipinski definition) is 2. The van der Waals surface area contributed by atoms with Crippen LogP contribution in [-0.2, 0) is 0 Å². The number of nitrogens with one attached hydrogen (secondary N) is 1. The van der Waals surface area contributed by atoms with Gasteiger partial charge in [0.2, 0.25) is 0 Å². The first-order valence-corrected chi connectivity index (χ1v) is 5.90. The third-order valence-corrected chi connectivity index (χ3v) is 2.78. The molecule has 16 heavy (non-hydrogen) atoms. The Labute approximate surface area is 102 Å². The Bertz CT molecular complexity index is 481. The normalized spacial score (nSPS) is 12.9. The van der Waals surface area contributed by atoms with Crippen LogP contribution in [-0.4, -0.2) is 32.1 Å².